The van der Waals surface area contributed by atoms with Crippen LogP contribution in [-0.4, -0.2) is 59.6 Å². The average molecular weight is 478 g/mol. The van der Waals surface area contributed by atoms with Crippen molar-refractivity contribution in [1.82, 2.24) is 10.2 Å². The normalized spacial score (nSPS) is 18.7. The van der Waals surface area contributed by atoms with Crippen molar-refractivity contribution in [3.63, 3.8) is 0 Å². The molecule has 3 unspecified atom stereocenters. The molecule has 2 rings (SSSR count). The van der Waals surface area contributed by atoms with Crippen molar-refractivity contribution in [2.24, 2.45) is 11.8 Å². The second kappa shape index (κ2) is 13.0. The summed E-state index contributed by atoms with van der Waals surface area (Å²) in [7, 11) is 0. The molecule has 180 valence electrons. The van der Waals surface area contributed by atoms with Gasteiger partial charge in [-0.2, -0.15) is 5.26 Å². The molecule has 3 N–H and O–H groups in total. The van der Waals surface area contributed by atoms with Gasteiger partial charge in [-0.25, -0.2) is 4.39 Å². The molecule has 0 aromatic heterocycles. The Balaban J connectivity index is 1.91. The first-order valence-corrected chi connectivity index (χ1v) is 12.1. The molecule has 0 spiro atoms. The molecule has 10 heteroatoms. The van der Waals surface area contributed by atoms with Crippen LogP contribution in [0.3, 0.4) is 0 Å². The summed E-state index contributed by atoms with van der Waals surface area (Å²) in [4.78, 5) is 38.5. The van der Waals surface area contributed by atoms with Crippen LogP contribution in [0, 0.1) is 23.2 Å². The number of alkyl halides is 1. The molecular formula is C23H32FN5O3S. The topological polar surface area (TPSA) is 114 Å². The molecule has 1 aliphatic rings. The van der Waals surface area contributed by atoms with Gasteiger partial charge in [-0.15, -0.1) is 11.8 Å². The molecule has 33 heavy (non-hydrogen) atoms. The van der Waals surface area contributed by atoms with Gasteiger partial charge in [0.2, 0.25) is 17.7 Å². The highest BCUT2D eigenvalue weighted by molar-refractivity contribution is 8.01. The Morgan fingerprint density at radius 2 is 1.97 bits per heavy atom. The van der Waals surface area contributed by atoms with Crippen molar-refractivity contribution in [2.75, 3.05) is 36.9 Å². The van der Waals surface area contributed by atoms with Gasteiger partial charge in [0, 0.05) is 43.3 Å². The smallest absolute Gasteiger partial charge is 0.237 e. The summed E-state index contributed by atoms with van der Waals surface area (Å²) in [6.45, 7) is 5.75. The summed E-state index contributed by atoms with van der Waals surface area (Å²) in [5.74, 6) is -1.62. The monoisotopic (exact) mass is 477 g/mol. The Morgan fingerprint density at radius 3 is 2.61 bits per heavy atom. The van der Waals surface area contributed by atoms with Crippen LogP contribution in [0.1, 0.15) is 33.6 Å². The summed E-state index contributed by atoms with van der Waals surface area (Å²) in [6, 6.07) is 9.38. The quantitative estimate of drug-likeness (QED) is 0.426. The van der Waals surface area contributed by atoms with E-state index in [0.29, 0.717) is 25.2 Å². The number of rotatable bonds is 12. The summed E-state index contributed by atoms with van der Waals surface area (Å²) in [6.07, 6.45) is 0.782. The minimum atomic E-state index is -0.934. The molecule has 1 fully saturated rings. The van der Waals surface area contributed by atoms with Gasteiger partial charge in [-0.1, -0.05) is 19.9 Å². The van der Waals surface area contributed by atoms with Gasteiger partial charge in [0.25, 0.3) is 0 Å². The summed E-state index contributed by atoms with van der Waals surface area (Å²) in [5, 5.41) is 17.4. The van der Waals surface area contributed by atoms with Gasteiger partial charge in [0.15, 0.2) is 0 Å². The predicted molar refractivity (Wildman–Crippen MR) is 128 cm³/mol. The number of carbonyl (C=O) groups excluding carboxylic acids is 3. The van der Waals surface area contributed by atoms with Gasteiger partial charge in [-0.05, 0) is 31.5 Å². The SMILES string of the molecule is CCN1C(=O)C(CCNc2cccc(NC(=O)C(C)C)c2)SC1CC(C#N)C(=O)NCCF. The zero-order chi connectivity index (χ0) is 24.4. The third-order valence-corrected chi connectivity index (χ3v) is 6.79. The summed E-state index contributed by atoms with van der Waals surface area (Å²) in [5.41, 5.74) is 1.54. The number of thioether (sulfide) groups is 1. The van der Waals surface area contributed by atoms with Crippen molar-refractivity contribution in [3.05, 3.63) is 24.3 Å². The van der Waals surface area contributed by atoms with Gasteiger partial charge >= 0.3 is 0 Å². The van der Waals surface area contributed by atoms with Gasteiger partial charge < -0.3 is 20.9 Å². The van der Waals surface area contributed by atoms with Gasteiger partial charge in [0.05, 0.1) is 16.7 Å². The molecule has 0 radical (unpaired) electrons. The maximum Gasteiger partial charge on any atom is 0.237 e. The van der Waals surface area contributed by atoms with E-state index >= 15 is 0 Å². The highest BCUT2D eigenvalue weighted by atomic mass is 32.2. The van der Waals surface area contributed by atoms with Crippen LogP contribution in [-0.2, 0) is 14.4 Å². The van der Waals surface area contributed by atoms with E-state index in [1.807, 2.05) is 51.1 Å². The van der Waals surface area contributed by atoms with Crippen LogP contribution in [0.5, 0.6) is 0 Å². The minimum absolute atomic E-state index is 0.00639. The lowest BCUT2D eigenvalue weighted by molar-refractivity contribution is -0.131. The Labute approximate surface area is 198 Å². The van der Waals surface area contributed by atoms with Crippen LogP contribution in [0.2, 0.25) is 0 Å². The van der Waals surface area contributed by atoms with E-state index in [0.717, 1.165) is 5.69 Å². The van der Waals surface area contributed by atoms with E-state index in [4.69, 9.17) is 0 Å². The molecule has 0 aliphatic carbocycles. The van der Waals surface area contributed by atoms with E-state index in [2.05, 4.69) is 16.0 Å². The summed E-state index contributed by atoms with van der Waals surface area (Å²) >= 11 is 1.46. The number of hydrogen-bond donors (Lipinski definition) is 3. The molecule has 0 saturated carbocycles. The average Bonchev–Trinajstić information content (AvgIpc) is 3.09. The standard InChI is InChI=1S/C23H32FN5O3S/c1-4-29-20(12-16(14-25)22(31)27-11-9-24)33-19(23(29)32)8-10-26-17-6-5-7-18(13-17)28-21(30)15(2)3/h5-7,13,15-16,19-20,26H,4,8-12H2,1-3H3,(H,27,31)(H,28,30). The Morgan fingerprint density at radius 1 is 1.24 bits per heavy atom. The minimum Gasteiger partial charge on any atom is -0.385 e. The van der Waals surface area contributed by atoms with E-state index in [9.17, 15) is 24.0 Å². The molecule has 3 amide bonds. The van der Waals surface area contributed by atoms with E-state index < -0.39 is 18.5 Å². The van der Waals surface area contributed by atoms with Crippen LogP contribution < -0.4 is 16.0 Å². The van der Waals surface area contributed by atoms with E-state index in [-0.39, 0.29) is 41.3 Å². The summed E-state index contributed by atoms with van der Waals surface area (Å²) < 4.78 is 12.3. The molecule has 1 aliphatic heterocycles. The Kier molecular flexibility index (Phi) is 10.5. The van der Waals surface area contributed by atoms with Crippen molar-refractivity contribution in [1.29, 1.82) is 5.26 Å². The Bertz CT molecular complexity index is 876. The number of carbonyl (C=O) groups is 3. The van der Waals surface area contributed by atoms with Crippen molar-refractivity contribution >= 4 is 40.9 Å². The molecular weight excluding hydrogens is 445 g/mol. The highest BCUT2D eigenvalue weighted by Crippen LogP contribution is 2.37. The van der Waals surface area contributed by atoms with Crippen molar-refractivity contribution in [3.8, 4) is 6.07 Å². The van der Waals surface area contributed by atoms with Gasteiger partial charge in [-0.3, -0.25) is 14.4 Å². The molecule has 0 bridgehead atoms. The van der Waals surface area contributed by atoms with Crippen molar-refractivity contribution < 1.29 is 18.8 Å². The lowest BCUT2D eigenvalue weighted by Gasteiger charge is -2.23. The number of nitriles is 1. The molecule has 1 aromatic rings. The van der Waals surface area contributed by atoms with Crippen LogP contribution in [0.15, 0.2) is 24.3 Å². The van der Waals surface area contributed by atoms with E-state index in [1.165, 1.54) is 11.8 Å². The van der Waals surface area contributed by atoms with Crippen LogP contribution in [0.4, 0.5) is 15.8 Å². The first-order chi connectivity index (χ1) is 15.8. The number of nitrogens with zero attached hydrogens (tertiary/aromatic N) is 2. The second-order valence-electron chi connectivity index (χ2n) is 8.04. The third kappa shape index (κ3) is 7.63. The predicted octanol–water partition coefficient (Wildman–Crippen LogP) is 2.99. The first-order valence-electron chi connectivity index (χ1n) is 11.1. The number of hydrogen-bond acceptors (Lipinski definition) is 6. The molecule has 1 aromatic carbocycles. The Hall–Kier alpha value is -2.80. The second-order valence-corrected chi connectivity index (χ2v) is 9.43. The number of amides is 3. The lowest BCUT2D eigenvalue weighted by atomic mass is 10.1. The highest BCUT2D eigenvalue weighted by Gasteiger charge is 2.40. The molecule has 1 heterocycles. The lowest BCUT2D eigenvalue weighted by Crippen LogP contribution is -2.38. The number of anilines is 2. The fourth-order valence-corrected chi connectivity index (χ4v) is 5.03. The van der Waals surface area contributed by atoms with Crippen LogP contribution in [0.25, 0.3) is 0 Å². The third-order valence-electron chi connectivity index (χ3n) is 5.26. The molecule has 1 saturated heterocycles. The maximum absolute atomic E-state index is 12.8. The van der Waals surface area contributed by atoms with Crippen LogP contribution >= 0.6 is 11.8 Å². The first kappa shape index (κ1) is 26.5. The zero-order valence-electron chi connectivity index (χ0n) is 19.3. The van der Waals surface area contributed by atoms with Crippen molar-refractivity contribution in [2.45, 2.75) is 44.2 Å². The maximum atomic E-state index is 12.8. The van der Waals surface area contributed by atoms with E-state index in [1.54, 1.807) is 4.90 Å². The molecule has 3 atom stereocenters. The van der Waals surface area contributed by atoms with Gasteiger partial charge in [0.1, 0.15) is 12.6 Å². The zero-order valence-corrected chi connectivity index (χ0v) is 20.1. The number of nitrogens with one attached hydrogen (secondary N) is 3. The number of benzene rings is 1. The number of halogens is 1. The largest absolute Gasteiger partial charge is 0.385 e. The molecule has 8 nitrogen and oxygen atoms in total. The fourth-order valence-electron chi connectivity index (χ4n) is 3.44. The fraction of sp³-hybridized carbons (Fsp3) is 0.565.